The molecule has 1 amide bonds. The molecule has 8 nitrogen and oxygen atoms in total. The van der Waals surface area contributed by atoms with Gasteiger partial charge >= 0.3 is 0 Å². The van der Waals surface area contributed by atoms with Crippen molar-refractivity contribution in [3.63, 3.8) is 0 Å². The maximum absolute atomic E-state index is 14.0. The Labute approximate surface area is 240 Å². The van der Waals surface area contributed by atoms with E-state index in [1.54, 1.807) is 54.9 Å². The van der Waals surface area contributed by atoms with Crippen molar-refractivity contribution in [3.05, 3.63) is 82.7 Å². The van der Waals surface area contributed by atoms with Gasteiger partial charge in [-0.15, -0.1) is 11.3 Å². The first-order valence-corrected chi connectivity index (χ1v) is 15.5. The van der Waals surface area contributed by atoms with E-state index >= 15 is 0 Å². The number of hydrogen-bond donors (Lipinski definition) is 0. The number of aromatic nitrogens is 1. The zero-order valence-electron chi connectivity index (χ0n) is 23.2. The van der Waals surface area contributed by atoms with Crippen molar-refractivity contribution in [1.82, 2.24) is 14.2 Å². The Kier molecular flexibility index (Phi) is 9.78. The average Bonchev–Trinajstić information content (AvgIpc) is 3.50. The number of thiophene rings is 1. The molecule has 0 saturated heterocycles. The van der Waals surface area contributed by atoms with Crippen molar-refractivity contribution in [3.8, 4) is 11.5 Å². The van der Waals surface area contributed by atoms with E-state index in [1.165, 1.54) is 4.31 Å². The smallest absolute Gasteiger partial charge is 0.245 e. The number of carbonyl (C=O) groups excluding carboxylic acids is 1. The molecule has 0 radical (unpaired) electrons. The predicted octanol–water partition coefficient (Wildman–Crippen LogP) is 5.37. The van der Waals surface area contributed by atoms with Crippen LogP contribution in [0.5, 0.6) is 11.5 Å². The minimum Gasteiger partial charge on any atom is -0.493 e. The summed E-state index contributed by atoms with van der Waals surface area (Å²) >= 11 is 1.56. The van der Waals surface area contributed by atoms with E-state index < -0.39 is 10.0 Å². The second kappa shape index (κ2) is 13.3. The number of pyridine rings is 1. The highest BCUT2D eigenvalue weighted by molar-refractivity contribution is 7.89. The first kappa shape index (κ1) is 29.5. The van der Waals surface area contributed by atoms with Crippen molar-refractivity contribution >= 4 is 38.2 Å². The Morgan fingerprint density at radius 3 is 2.50 bits per heavy atom. The Hall–Kier alpha value is -3.47. The molecular formula is C30H35N3O5S2. The molecule has 0 bridgehead atoms. The molecule has 0 N–H and O–H groups in total. The summed E-state index contributed by atoms with van der Waals surface area (Å²) in [5, 5.41) is 2.70. The van der Waals surface area contributed by atoms with Crippen LogP contribution in [-0.4, -0.2) is 61.9 Å². The van der Waals surface area contributed by atoms with E-state index in [-0.39, 0.29) is 23.4 Å². The number of methoxy groups -OCH3 is 2. The third-order valence-electron chi connectivity index (χ3n) is 6.95. The van der Waals surface area contributed by atoms with Gasteiger partial charge in [-0.2, -0.15) is 4.31 Å². The SMILES string of the molecule is CCC(C)N(CC(=O)N(CCc1ccc(OC)c(OC)c1)Cc1cccs1)S(=O)(=O)c1cccc2cccnc12. The molecule has 10 heteroatoms. The first-order valence-electron chi connectivity index (χ1n) is 13.1. The van der Waals surface area contributed by atoms with E-state index in [2.05, 4.69) is 4.98 Å². The zero-order chi connectivity index (χ0) is 28.7. The van der Waals surface area contributed by atoms with E-state index in [4.69, 9.17) is 9.47 Å². The lowest BCUT2D eigenvalue weighted by atomic mass is 10.1. The number of sulfonamides is 1. The molecule has 4 rings (SSSR count). The summed E-state index contributed by atoms with van der Waals surface area (Å²) in [6, 6.07) is 17.9. The molecule has 2 aromatic carbocycles. The van der Waals surface area contributed by atoms with Crippen molar-refractivity contribution in [1.29, 1.82) is 0 Å². The molecule has 2 heterocycles. The molecule has 1 atom stereocenters. The van der Waals surface area contributed by atoms with Crippen molar-refractivity contribution in [2.45, 2.75) is 44.2 Å². The molecule has 0 fully saturated rings. The van der Waals surface area contributed by atoms with Crippen LogP contribution in [0.1, 0.15) is 30.7 Å². The number of rotatable bonds is 13. The van der Waals surface area contributed by atoms with Gasteiger partial charge in [0.25, 0.3) is 0 Å². The maximum Gasteiger partial charge on any atom is 0.245 e. The largest absolute Gasteiger partial charge is 0.493 e. The van der Waals surface area contributed by atoms with Gasteiger partial charge in [0.2, 0.25) is 15.9 Å². The topological polar surface area (TPSA) is 89.0 Å². The summed E-state index contributed by atoms with van der Waals surface area (Å²) < 4.78 is 40.1. The van der Waals surface area contributed by atoms with Crippen LogP contribution in [0, 0.1) is 0 Å². The van der Waals surface area contributed by atoms with Crippen LogP contribution in [0.2, 0.25) is 0 Å². The molecule has 4 aromatic rings. The molecule has 0 spiro atoms. The Balaban J connectivity index is 1.62. The van der Waals surface area contributed by atoms with Crippen LogP contribution in [0.3, 0.4) is 0 Å². The fourth-order valence-electron chi connectivity index (χ4n) is 4.51. The van der Waals surface area contributed by atoms with E-state index in [0.717, 1.165) is 15.8 Å². The Bertz CT molecular complexity index is 1540. The molecule has 0 aliphatic rings. The number of hydrogen-bond acceptors (Lipinski definition) is 7. The van der Waals surface area contributed by atoms with Gasteiger partial charge < -0.3 is 14.4 Å². The van der Waals surface area contributed by atoms with Crippen LogP contribution < -0.4 is 9.47 Å². The summed E-state index contributed by atoms with van der Waals surface area (Å²) in [6.45, 7) is 4.29. The lowest BCUT2D eigenvalue weighted by Gasteiger charge is -2.30. The summed E-state index contributed by atoms with van der Waals surface area (Å²) in [6.07, 6.45) is 2.71. The Morgan fingerprint density at radius 2 is 1.80 bits per heavy atom. The van der Waals surface area contributed by atoms with Gasteiger partial charge in [-0.3, -0.25) is 9.78 Å². The number of benzene rings is 2. The zero-order valence-corrected chi connectivity index (χ0v) is 24.9. The van der Waals surface area contributed by atoms with Gasteiger partial charge in [0.05, 0.1) is 32.8 Å². The molecule has 0 aliphatic heterocycles. The standard InChI is InChI=1S/C30H35N3O5S2/c1-5-22(2)33(40(35,36)28-12-6-9-24-10-7-16-31-30(24)28)21-29(34)32(20-25-11-8-18-39-25)17-15-23-13-14-26(37-3)27(19-23)38-4/h6-14,16,18-19,22H,5,15,17,20-21H2,1-4H3. The molecule has 0 aliphatic carbocycles. The van der Waals surface area contributed by atoms with Gasteiger partial charge in [0.1, 0.15) is 4.90 Å². The third-order valence-corrected chi connectivity index (χ3v) is 9.81. The fraction of sp³-hybridized carbons (Fsp3) is 0.333. The molecule has 40 heavy (non-hydrogen) atoms. The van der Waals surface area contributed by atoms with Crippen molar-refractivity contribution in [2.24, 2.45) is 0 Å². The summed E-state index contributed by atoms with van der Waals surface area (Å²) in [7, 11) is -0.843. The third kappa shape index (κ3) is 6.63. The fourth-order valence-corrected chi connectivity index (χ4v) is 7.05. The molecular weight excluding hydrogens is 546 g/mol. The van der Waals surface area contributed by atoms with Crippen LogP contribution in [0.4, 0.5) is 0 Å². The minimum atomic E-state index is -4.02. The van der Waals surface area contributed by atoms with Gasteiger partial charge in [-0.1, -0.05) is 37.3 Å². The van der Waals surface area contributed by atoms with E-state index in [0.29, 0.717) is 42.9 Å². The molecule has 212 valence electrons. The summed E-state index contributed by atoms with van der Waals surface area (Å²) in [5.41, 5.74) is 1.38. The Morgan fingerprint density at radius 1 is 1.02 bits per heavy atom. The lowest BCUT2D eigenvalue weighted by Crippen LogP contribution is -2.46. The predicted molar refractivity (Wildman–Crippen MR) is 158 cm³/mol. The highest BCUT2D eigenvalue weighted by atomic mass is 32.2. The first-order chi connectivity index (χ1) is 19.3. The summed E-state index contributed by atoms with van der Waals surface area (Å²) in [5.74, 6) is 0.995. The monoisotopic (exact) mass is 581 g/mol. The molecule has 0 saturated carbocycles. The lowest BCUT2D eigenvalue weighted by molar-refractivity contribution is -0.132. The van der Waals surface area contributed by atoms with Crippen molar-refractivity contribution in [2.75, 3.05) is 27.3 Å². The summed E-state index contributed by atoms with van der Waals surface area (Å²) in [4.78, 5) is 21.1. The van der Waals surface area contributed by atoms with Gasteiger partial charge in [-0.25, -0.2) is 8.42 Å². The van der Waals surface area contributed by atoms with E-state index in [9.17, 15) is 13.2 Å². The normalized spacial score (nSPS) is 12.4. The molecule has 2 aromatic heterocycles. The highest BCUT2D eigenvalue weighted by Crippen LogP contribution is 2.29. The van der Waals surface area contributed by atoms with Gasteiger partial charge in [0, 0.05) is 29.0 Å². The van der Waals surface area contributed by atoms with Crippen LogP contribution in [-0.2, 0) is 27.8 Å². The maximum atomic E-state index is 14.0. The second-order valence-corrected chi connectivity index (χ2v) is 12.4. The van der Waals surface area contributed by atoms with Crippen LogP contribution in [0.15, 0.2) is 77.1 Å². The second-order valence-electron chi connectivity index (χ2n) is 9.47. The van der Waals surface area contributed by atoms with Gasteiger partial charge in [0.15, 0.2) is 11.5 Å². The molecule has 1 unspecified atom stereocenters. The number of nitrogens with zero attached hydrogens (tertiary/aromatic N) is 3. The van der Waals surface area contributed by atoms with Crippen LogP contribution in [0.25, 0.3) is 10.9 Å². The average molecular weight is 582 g/mol. The van der Waals surface area contributed by atoms with Crippen molar-refractivity contribution < 1.29 is 22.7 Å². The van der Waals surface area contributed by atoms with Crippen LogP contribution >= 0.6 is 11.3 Å². The number of amides is 1. The number of fused-ring (bicyclic) bond motifs is 1. The van der Waals surface area contributed by atoms with E-state index in [1.807, 2.05) is 61.7 Å². The number of carbonyl (C=O) groups is 1. The number of para-hydroxylation sites is 1. The highest BCUT2D eigenvalue weighted by Gasteiger charge is 2.33. The number of ether oxygens (including phenoxy) is 2. The quantitative estimate of drug-likeness (QED) is 0.211. The van der Waals surface area contributed by atoms with Gasteiger partial charge in [-0.05, 0) is 61.0 Å². The minimum absolute atomic E-state index is 0.105.